The second kappa shape index (κ2) is 3.50. The van der Waals surface area contributed by atoms with Crippen LogP contribution in [0, 0.1) is 0 Å². The van der Waals surface area contributed by atoms with Crippen LogP contribution in [0.1, 0.15) is 25.7 Å². The third kappa shape index (κ3) is 1.61. The van der Waals surface area contributed by atoms with Crippen LogP contribution in [0.25, 0.3) is 0 Å². The highest BCUT2D eigenvalue weighted by Gasteiger charge is 2.31. The van der Waals surface area contributed by atoms with Crippen LogP contribution in [-0.2, 0) is 9.53 Å². The molecule has 0 spiro atoms. The molecular weight excluding hydrogens is 166 g/mol. The van der Waals surface area contributed by atoms with Crippen molar-refractivity contribution < 1.29 is 9.53 Å². The minimum absolute atomic E-state index is 0.167. The van der Waals surface area contributed by atoms with Crippen molar-refractivity contribution in [3.63, 3.8) is 0 Å². The molecule has 0 amide bonds. The highest BCUT2D eigenvalue weighted by Crippen LogP contribution is 2.26. The molecule has 1 N–H and O–H groups in total. The Balaban J connectivity index is 2.16. The van der Waals surface area contributed by atoms with Gasteiger partial charge < -0.3 is 10.1 Å². The Hall–Kier alpha value is -0.830. The molecule has 0 radical (unpaired) electrons. The molecule has 2 bridgehead atoms. The minimum Gasteiger partial charge on any atom is -0.466 e. The number of hydrogen-bond donors (Lipinski definition) is 1. The zero-order valence-electron chi connectivity index (χ0n) is 7.88. The summed E-state index contributed by atoms with van der Waals surface area (Å²) in [6.07, 6.45) is 6.45. The number of carbonyl (C=O) groups is 1. The van der Waals surface area contributed by atoms with E-state index in [-0.39, 0.29) is 12.0 Å². The summed E-state index contributed by atoms with van der Waals surface area (Å²) in [5, 5.41) is 3.45. The van der Waals surface area contributed by atoms with Gasteiger partial charge in [0.05, 0.1) is 12.7 Å². The average Bonchev–Trinajstić information content (AvgIpc) is 2.46. The van der Waals surface area contributed by atoms with E-state index in [0.717, 1.165) is 24.8 Å². The summed E-state index contributed by atoms with van der Waals surface area (Å²) in [5.41, 5.74) is 0.836. The van der Waals surface area contributed by atoms with Crippen molar-refractivity contribution >= 4 is 5.97 Å². The van der Waals surface area contributed by atoms with Gasteiger partial charge in [-0.3, -0.25) is 0 Å². The molecule has 13 heavy (non-hydrogen) atoms. The number of ether oxygens (including phenoxy) is 1. The zero-order chi connectivity index (χ0) is 9.26. The van der Waals surface area contributed by atoms with E-state index in [1.807, 2.05) is 6.08 Å². The standard InChI is InChI=1S/C10H15NO2/c1-13-10(12)8-4-2-3-7-5-6-9(8)11-7/h4,7,9,11H,2-3,5-6H2,1H3/t7-,9-/m0/s1. The average molecular weight is 181 g/mol. The summed E-state index contributed by atoms with van der Waals surface area (Å²) in [6.45, 7) is 0. The molecule has 72 valence electrons. The van der Waals surface area contributed by atoms with Gasteiger partial charge in [-0.2, -0.15) is 0 Å². The normalized spacial score (nSPS) is 32.2. The van der Waals surface area contributed by atoms with Crippen LogP contribution in [0.2, 0.25) is 0 Å². The highest BCUT2D eigenvalue weighted by atomic mass is 16.5. The zero-order valence-corrected chi connectivity index (χ0v) is 7.88. The summed E-state index contributed by atoms with van der Waals surface area (Å²) in [7, 11) is 1.44. The molecule has 0 unspecified atom stereocenters. The third-order valence-electron chi connectivity index (χ3n) is 2.92. The first-order valence-corrected chi connectivity index (χ1v) is 4.85. The molecular formula is C10H15NO2. The largest absolute Gasteiger partial charge is 0.466 e. The molecule has 2 rings (SSSR count). The van der Waals surface area contributed by atoms with Gasteiger partial charge in [-0.05, 0) is 25.7 Å². The number of esters is 1. The van der Waals surface area contributed by atoms with E-state index in [4.69, 9.17) is 4.74 Å². The number of hydrogen-bond acceptors (Lipinski definition) is 3. The molecule has 0 aliphatic carbocycles. The molecule has 3 heteroatoms. The van der Waals surface area contributed by atoms with Crippen molar-refractivity contribution in [3.05, 3.63) is 11.6 Å². The van der Waals surface area contributed by atoms with E-state index in [1.54, 1.807) is 0 Å². The lowest BCUT2D eigenvalue weighted by atomic mass is 10.00. The van der Waals surface area contributed by atoms with E-state index in [2.05, 4.69) is 5.32 Å². The van der Waals surface area contributed by atoms with Crippen LogP contribution in [0.4, 0.5) is 0 Å². The smallest absolute Gasteiger partial charge is 0.335 e. The second-order valence-corrected chi connectivity index (χ2v) is 3.72. The number of methoxy groups -OCH3 is 1. The molecule has 1 fully saturated rings. The van der Waals surface area contributed by atoms with Gasteiger partial charge in [0.1, 0.15) is 0 Å². The molecule has 1 saturated heterocycles. The fourth-order valence-electron chi connectivity index (χ4n) is 2.22. The molecule has 3 nitrogen and oxygen atoms in total. The molecule has 2 atom stereocenters. The molecule has 0 saturated carbocycles. The molecule has 0 aromatic rings. The van der Waals surface area contributed by atoms with Crippen molar-refractivity contribution in [3.8, 4) is 0 Å². The Kier molecular flexibility index (Phi) is 2.36. The van der Waals surface area contributed by atoms with Gasteiger partial charge in [0, 0.05) is 12.1 Å². The summed E-state index contributed by atoms with van der Waals surface area (Å²) < 4.78 is 4.75. The first-order chi connectivity index (χ1) is 6.31. The number of allylic oxidation sites excluding steroid dienone is 1. The molecule has 2 aliphatic rings. The van der Waals surface area contributed by atoms with Gasteiger partial charge in [-0.25, -0.2) is 4.79 Å². The molecule has 0 aromatic heterocycles. The van der Waals surface area contributed by atoms with Crippen LogP contribution in [0.3, 0.4) is 0 Å². The predicted molar refractivity (Wildman–Crippen MR) is 49.3 cm³/mol. The fourth-order valence-corrected chi connectivity index (χ4v) is 2.22. The summed E-state index contributed by atoms with van der Waals surface area (Å²) in [5.74, 6) is -0.167. The van der Waals surface area contributed by atoms with Crippen LogP contribution in [0.15, 0.2) is 11.6 Å². The number of nitrogens with one attached hydrogen (secondary N) is 1. The monoisotopic (exact) mass is 181 g/mol. The third-order valence-corrected chi connectivity index (χ3v) is 2.92. The maximum Gasteiger partial charge on any atom is 0.335 e. The summed E-state index contributed by atoms with van der Waals surface area (Å²) in [4.78, 5) is 11.4. The maximum absolute atomic E-state index is 11.4. The Labute approximate surface area is 78.1 Å². The summed E-state index contributed by atoms with van der Waals surface area (Å²) in [6, 6.07) is 0.864. The summed E-state index contributed by atoms with van der Waals surface area (Å²) >= 11 is 0. The Morgan fingerprint density at radius 3 is 3.15 bits per heavy atom. The Morgan fingerprint density at radius 2 is 2.38 bits per heavy atom. The van der Waals surface area contributed by atoms with Crippen LogP contribution in [0.5, 0.6) is 0 Å². The lowest BCUT2D eigenvalue weighted by Gasteiger charge is -2.12. The number of rotatable bonds is 1. The lowest BCUT2D eigenvalue weighted by molar-refractivity contribution is -0.136. The quantitative estimate of drug-likeness (QED) is 0.613. The Bertz CT molecular complexity index is 247. The van der Waals surface area contributed by atoms with E-state index >= 15 is 0 Å². The maximum atomic E-state index is 11.4. The van der Waals surface area contributed by atoms with Crippen molar-refractivity contribution in [1.82, 2.24) is 5.32 Å². The van der Waals surface area contributed by atoms with Crippen LogP contribution >= 0.6 is 0 Å². The van der Waals surface area contributed by atoms with Crippen molar-refractivity contribution in [2.45, 2.75) is 37.8 Å². The van der Waals surface area contributed by atoms with Crippen LogP contribution in [-0.4, -0.2) is 25.2 Å². The van der Waals surface area contributed by atoms with Gasteiger partial charge in [-0.1, -0.05) is 6.08 Å². The topological polar surface area (TPSA) is 38.3 Å². The molecule has 2 aliphatic heterocycles. The van der Waals surface area contributed by atoms with E-state index < -0.39 is 0 Å². The lowest BCUT2D eigenvalue weighted by Crippen LogP contribution is -2.31. The number of carbonyl (C=O) groups excluding carboxylic acids is 1. The SMILES string of the molecule is COC(=O)C1=CCC[C@H]2CC[C@@H]1N2. The van der Waals surface area contributed by atoms with E-state index in [1.165, 1.54) is 13.5 Å². The van der Waals surface area contributed by atoms with Crippen molar-refractivity contribution in [2.75, 3.05) is 7.11 Å². The first kappa shape index (κ1) is 8.75. The second-order valence-electron chi connectivity index (χ2n) is 3.72. The Morgan fingerprint density at radius 1 is 1.54 bits per heavy atom. The fraction of sp³-hybridized carbons (Fsp3) is 0.700. The number of fused-ring (bicyclic) bond motifs is 2. The highest BCUT2D eigenvalue weighted by molar-refractivity contribution is 5.89. The molecule has 2 heterocycles. The van der Waals surface area contributed by atoms with Gasteiger partial charge >= 0.3 is 5.97 Å². The van der Waals surface area contributed by atoms with Gasteiger partial charge in [0.25, 0.3) is 0 Å². The predicted octanol–water partition coefficient (Wildman–Crippen LogP) is 1.00. The van der Waals surface area contributed by atoms with Gasteiger partial charge in [0.15, 0.2) is 0 Å². The van der Waals surface area contributed by atoms with E-state index in [0.29, 0.717) is 6.04 Å². The van der Waals surface area contributed by atoms with Gasteiger partial charge in [-0.15, -0.1) is 0 Å². The minimum atomic E-state index is -0.167. The molecule has 0 aromatic carbocycles. The van der Waals surface area contributed by atoms with E-state index in [9.17, 15) is 4.79 Å². The van der Waals surface area contributed by atoms with Crippen molar-refractivity contribution in [2.24, 2.45) is 0 Å². The van der Waals surface area contributed by atoms with Crippen molar-refractivity contribution in [1.29, 1.82) is 0 Å². The van der Waals surface area contributed by atoms with Crippen LogP contribution < -0.4 is 5.32 Å². The first-order valence-electron chi connectivity index (χ1n) is 4.85. The van der Waals surface area contributed by atoms with Gasteiger partial charge in [0.2, 0.25) is 0 Å².